The van der Waals surface area contributed by atoms with Gasteiger partial charge in [-0.25, -0.2) is 8.42 Å². The lowest BCUT2D eigenvalue weighted by molar-refractivity contribution is 0.282. The van der Waals surface area contributed by atoms with E-state index in [0.29, 0.717) is 21.8 Å². The number of halogens is 1. The summed E-state index contributed by atoms with van der Waals surface area (Å²) in [6.45, 7) is 1.44. The molecule has 2 aromatic carbocycles. The molecule has 0 amide bonds. The molecule has 0 fully saturated rings. The summed E-state index contributed by atoms with van der Waals surface area (Å²) in [6.07, 6.45) is 0. The number of nitrogens with one attached hydrogen (secondary N) is 1. The number of aliphatic hydroxyl groups is 1. The topological polar surface area (TPSA) is 66.4 Å². The fourth-order valence-electron chi connectivity index (χ4n) is 1.87. The van der Waals surface area contributed by atoms with Crippen LogP contribution in [0.15, 0.2) is 47.4 Å². The molecule has 0 saturated carbocycles. The van der Waals surface area contributed by atoms with E-state index in [0.717, 1.165) is 0 Å². The van der Waals surface area contributed by atoms with Gasteiger partial charge in [-0.3, -0.25) is 4.72 Å². The number of anilines is 1. The average Bonchev–Trinajstić information content (AvgIpc) is 2.38. The van der Waals surface area contributed by atoms with E-state index in [1.54, 1.807) is 37.3 Å². The summed E-state index contributed by atoms with van der Waals surface area (Å²) in [5, 5.41) is 9.71. The Labute approximate surface area is 123 Å². The summed E-state index contributed by atoms with van der Waals surface area (Å²) in [6, 6.07) is 11.3. The molecular weight excluding hydrogens is 298 g/mol. The summed E-state index contributed by atoms with van der Waals surface area (Å²) < 4.78 is 27.2. The lowest BCUT2D eigenvalue weighted by Gasteiger charge is -2.13. The van der Waals surface area contributed by atoms with Crippen LogP contribution < -0.4 is 4.72 Å². The maximum Gasteiger partial charge on any atom is 0.262 e. The van der Waals surface area contributed by atoms with Crippen LogP contribution in [0.1, 0.15) is 11.1 Å². The Hall–Kier alpha value is -1.56. The first-order valence-electron chi connectivity index (χ1n) is 5.92. The van der Waals surface area contributed by atoms with Crippen molar-refractivity contribution in [2.75, 3.05) is 4.72 Å². The Morgan fingerprint density at radius 2 is 1.90 bits per heavy atom. The van der Waals surface area contributed by atoms with Crippen LogP contribution in [-0.2, 0) is 16.6 Å². The maximum atomic E-state index is 12.4. The van der Waals surface area contributed by atoms with Crippen LogP contribution in [0.3, 0.4) is 0 Å². The number of hydrogen-bond donors (Lipinski definition) is 2. The molecule has 106 valence electrons. The zero-order valence-electron chi connectivity index (χ0n) is 10.8. The van der Waals surface area contributed by atoms with Crippen LogP contribution in [-0.4, -0.2) is 13.5 Å². The van der Waals surface area contributed by atoms with Crippen molar-refractivity contribution in [2.45, 2.75) is 18.4 Å². The van der Waals surface area contributed by atoms with Crippen molar-refractivity contribution in [3.8, 4) is 0 Å². The third-order valence-electron chi connectivity index (χ3n) is 2.86. The van der Waals surface area contributed by atoms with Gasteiger partial charge >= 0.3 is 0 Å². The minimum absolute atomic E-state index is 0.162. The highest BCUT2D eigenvalue weighted by Crippen LogP contribution is 2.24. The zero-order valence-corrected chi connectivity index (χ0v) is 12.4. The first kappa shape index (κ1) is 14.8. The number of sulfonamides is 1. The highest BCUT2D eigenvalue weighted by molar-refractivity contribution is 7.92. The predicted molar refractivity (Wildman–Crippen MR) is 79.4 cm³/mol. The number of rotatable bonds is 4. The summed E-state index contributed by atoms with van der Waals surface area (Å²) >= 11 is 5.83. The van der Waals surface area contributed by atoms with E-state index in [9.17, 15) is 13.5 Å². The molecule has 0 spiro atoms. The highest BCUT2D eigenvalue weighted by Gasteiger charge is 2.18. The van der Waals surface area contributed by atoms with Crippen molar-refractivity contribution in [1.29, 1.82) is 0 Å². The SMILES string of the molecule is Cc1cc(Cl)ccc1S(=O)(=O)Nc1ccccc1CO. The largest absolute Gasteiger partial charge is 0.392 e. The molecule has 0 unspecified atom stereocenters. The van der Waals surface area contributed by atoms with E-state index in [4.69, 9.17) is 11.6 Å². The second-order valence-electron chi connectivity index (χ2n) is 4.33. The van der Waals surface area contributed by atoms with E-state index < -0.39 is 10.0 Å². The van der Waals surface area contributed by atoms with E-state index in [2.05, 4.69) is 4.72 Å². The molecule has 0 aliphatic heterocycles. The zero-order chi connectivity index (χ0) is 14.8. The summed E-state index contributed by atoms with van der Waals surface area (Å²) in [4.78, 5) is 0.162. The van der Waals surface area contributed by atoms with Gasteiger partial charge in [0.25, 0.3) is 10.0 Å². The number of aliphatic hydroxyl groups excluding tert-OH is 1. The van der Waals surface area contributed by atoms with Crippen LogP contribution in [0, 0.1) is 6.92 Å². The molecule has 6 heteroatoms. The summed E-state index contributed by atoms with van der Waals surface area (Å²) in [7, 11) is -3.71. The first-order valence-corrected chi connectivity index (χ1v) is 7.78. The van der Waals surface area contributed by atoms with E-state index >= 15 is 0 Å². The molecule has 2 aromatic rings. The maximum absolute atomic E-state index is 12.4. The predicted octanol–water partition coefficient (Wildman–Crippen LogP) is 2.94. The molecular formula is C14H14ClNO3S. The number of hydrogen-bond acceptors (Lipinski definition) is 3. The van der Waals surface area contributed by atoms with Gasteiger partial charge in [0.2, 0.25) is 0 Å². The average molecular weight is 312 g/mol. The van der Waals surface area contributed by atoms with Crippen molar-refractivity contribution >= 4 is 27.3 Å². The molecule has 0 aliphatic rings. The summed E-state index contributed by atoms with van der Waals surface area (Å²) in [5.41, 5.74) is 1.44. The van der Waals surface area contributed by atoms with Gasteiger partial charge in [0.05, 0.1) is 17.2 Å². The van der Waals surface area contributed by atoms with Crippen molar-refractivity contribution in [3.05, 3.63) is 58.6 Å². The third kappa shape index (κ3) is 3.12. The van der Waals surface area contributed by atoms with E-state index in [-0.39, 0.29) is 11.5 Å². The smallest absolute Gasteiger partial charge is 0.262 e. The molecule has 0 atom stereocenters. The highest BCUT2D eigenvalue weighted by atomic mass is 35.5. The monoisotopic (exact) mass is 311 g/mol. The Balaban J connectivity index is 2.41. The number of para-hydroxylation sites is 1. The van der Waals surface area contributed by atoms with Crippen molar-refractivity contribution in [1.82, 2.24) is 0 Å². The van der Waals surface area contributed by atoms with Gasteiger partial charge in [0, 0.05) is 10.6 Å². The molecule has 0 heterocycles. The molecule has 0 bridgehead atoms. The second-order valence-corrected chi connectivity index (χ2v) is 6.42. The van der Waals surface area contributed by atoms with E-state index in [1.807, 2.05) is 0 Å². The minimum Gasteiger partial charge on any atom is -0.392 e. The second kappa shape index (κ2) is 5.83. The quantitative estimate of drug-likeness (QED) is 0.912. The molecule has 0 saturated heterocycles. The fraction of sp³-hybridized carbons (Fsp3) is 0.143. The molecule has 20 heavy (non-hydrogen) atoms. The van der Waals surface area contributed by atoms with Gasteiger partial charge < -0.3 is 5.11 Å². The first-order chi connectivity index (χ1) is 9.44. The number of aryl methyl sites for hydroxylation is 1. The fourth-order valence-corrected chi connectivity index (χ4v) is 3.43. The molecule has 0 aromatic heterocycles. The van der Waals surface area contributed by atoms with Crippen LogP contribution in [0.25, 0.3) is 0 Å². The summed E-state index contributed by atoms with van der Waals surface area (Å²) in [5.74, 6) is 0. The molecule has 0 radical (unpaired) electrons. The van der Waals surface area contributed by atoms with Gasteiger partial charge in [-0.15, -0.1) is 0 Å². The van der Waals surface area contributed by atoms with Crippen LogP contribution >= 0.6 is 11.6 Å². The Morgan fingerprint density at radius 1 is 1.20 bits per heavy atom. The minimum atomic E-state index is -3.71. The van der Waals surface area contributed by atoms with E-state index in [1.165, 1.54) is 12.1 Å². The van der Waals surface area contributed by atoms with Crippen LogP contribution in [0.5, 0.6) is 0 Å². The van der Waals surface area contributed by atoms with Crippen molar-refractivity contribution in [2.24, 2.45) is 0 Å². The molecule has 4 nitrogen and oxygen atoms in total. The van der Waals surface area contributed by atoms with Crippen LogP contribution in [0.4, 0.5) is 5.69 Å². The van der Waals surface area contributed by atoms with Crippen molar-refractivity contribution < 1.29 is 13.5 Å². The van der Waals surface area contributed by atoms with Crippen LogP contribution in [0.2, 0.25) is 5.02 Å². The van der Waals surface area contributed by atoms with Gasteiger partial charge in [-0.1, -0.05) is 29.8 Å². The lowest BCUT2D eigenvalue weighted by atomic mass is 10.2. The molecule has 2 rings (SSSR count). The van der Waals surface area contributed by atoms with Gasteiger partial charge in [-0.2, -0.15) is 0 Å². The number of benzene rings is 2. The Morgan fingerprint density at radius 3 is 2.55 bits per heavy atom. The van der Waals surface area contributed by atoms with Gasteiger partial charge in [-0.05, 0) is 36.8 Å². The lowest BCUT2D eigenvalue weighted by Crippen LogP contribution is -2.15. The van der Waals surface area contributed by atoms with Crippen molar-refractivity contribution in [3.63, 3.8) is 0 Å². The Bertz CT molecular complexity index is 729. The van der Waals surface area contributed by atoms with Gasteiger partial charge in [0.1, 0.15) is 0 Å². The normalized spacial score (nSPS) is 11.3. The third-order valence-corrected chi connectivity index (χ3v) is 4.62. The molecule has 0 aliphatic carbocycles. The Kier molecular flexibility index (Phi) is 4.32. The molecule has 2 N–H and O–H groups in total. The standard InChI is InChI=1S/C14H14ClNO3S/c1-10-8-12(15)6-7-14(10)20(18,19)16-13-5-3-2-4-11(13)9-17/h2-8,16-17H,9H2,1H3. The van der Waals surface area contributed by atoms with Gasteiger partial charge in [0.15, 0.2) is 0 Å².